The van der Waals surface area contributed by atoms with Crippen LogP contribution >= 0.6 is 11.3 Å². The molecule has 20 heavy (non-hydrogen) atoms. The monoisotopic (exact) mass is 294 g/mol. The molecular formula is C13H15FN4OS. The summed E-state index contributed by atoms with van der Waals surface area (Å²) >= 11 is 1.53. The molecule has 1 aromatic heterocycles. The lowest BCUT2D eigenvalue weighted by Gasteiger charge is -2.16. The molecule has 0 aliphatic rings. The van der Waals surface area contributed by atoms with Crippen molar-refractivity contribution in [2.45, 2.75) is 13.1 Å². The van der Waals surface area contributed by atoms with Gasteiger partial charge in [-0.15, -0.1) is 11.3 Å². The van der Waals surface area contributed by atoms with Gasteiger partial charge >= 0.3 is 0 Å². The van der Waals surface area contributed by atoms with E-state index in [1.807, 2.05) is 17.3 Å². The molecule has 0 bridgehead atoms. The molecule has 0 saturated carbocycles. The predicted molar refractivity (Wildman–Crippen MR) is 76.2 cm³/mol. The van der Waals surface area contributed by atoms with Crippen molar-refractivity contribution in [1.29, 1.82) is 0 Å². The number of oxime groups is 1. The van der Waals surface area contributed by atoms with E-state index in [1.165, 1.54) is 17.4 Å². The van der Waals surface area contributed by atoms with Crippen LogP contribution in [0.1, 0.15) is 16.8 Å². The van der Waals surface area contributed by atoms with Crippen molar-refractivity contribution in [3.63, 3.8) is 0 Å². The molecular weight excluding hydrogens is 279 g/mol. The van der Waals surface area contributed by atoms with Crippen molar-refractivity contribution in [2.24, 2.45) is 10.9 Å². The summed E-state index contributed by atoms with van der Waals surface area (Å²) in [6.45, 7) is 1.05. The highest BCUT2D eigenvalue weighted by Crippen LogP contribution is 2.15. The number of nitrogens with zero attached hydrogens (tertiary/aromatic N) is 3. The van der Waals surface area contributed by atoms with Gasteiger partial charge in [-0.1, -0.05) is 17.3 Å². The van der Waals surface area contributed by atoms with Gasteiger partial charge in [0.25, 0.3) is 0 Å². The van der Waals surface area contributed by atoms with E-state index in [2.05, 4.69) is 10.1 Å². The highest BCUT2D eigenvalue weighted by Gasteiger charge is 2.13. The number of aromatic nitrogens is 1. The number of halogens is 1. The Morgan fingerprint density at radius 2 is 2.30 bits per heavy atom. The SMILES string of the molecule is CN(Cc1cscn1)Cc1cccc(/C(N)=N/O)c1F. The van der Waals surface area contributed by atoms with Crippen LogP contribution in [0.15, 0.2) is 34.2 Å². The first kappa shape index (κ1) is 14.4. The number of hydrogen-bond donors (Lipinski definition) is 2. The third-order valence-corrected chi connectivity index (χ3v) is 3.45. The van der Waals surface area contributed by atoms with Gasteiger partial charge in [0.05, 0.1) is 16.8 Å². The summed E-state index contributed by atoms with van der Waals surface area (Å²) in [7, 11) is 1.88. The summed E-state index contributed by atoms with van der Waals surface area (Å²) in [5, 5.41) is 13.4. The molecule has 1 heterocycles. The normalized spacial score (nSPS) is 12.1. The molecule has 2 rings (SSSR count). The summed E-state index contributed by atoms with van der Waals surface area (Å²) in [4.78, 5) is 6.14. The van der Waals surface area contributed by atoms with E-state index in [0.29, 0.717) is 18.7 Å². The van der Waals surface area contributed by atoms with E-state index in [1.54, 1.807) is 17.6 Å². The van der Waals surface area contributed by atoms with Gasteiger partial charge in [0.1, 0.15) is 5.82 Å². The largest absolute Gasteiger partial charge is 0.409 e. The lowest BCUT2D eigenvalue weighted by atomic mass is 10.1. The molecule has 106 valence electrons. The van der Waals surface area contributed by atoms with Crippen molar-refractivity contribution < 1.29 is 9.60 Å². The van der Waals surface area contributed by atoms with Crippen LogP contribution in [0.5, 0.6) is 0 Å². The minimum absolute atomic E-state index is 0.104. The quantitative estimate of drug-likeness (QED) is 0.383. The Labute approximate surface area is 120 Å². The van der Waals surface area contributed by atoms with Crippen LogP contribution in [-0.4, -0.2) is 28.0 Å². The van der Waals surface area contributed by atoms with Gasteiger partial charge in [-0.3, -0.25) is 4.90 Å². The Morgan fingerprint density at radius 3 is 2.95 bits per heavy atom. The molecule has 3 N–H and O–H groups in total. The van der Waals surface area contributed by atoms with Crippen LogP contribution < -0.4 is 5.73 Å². The first-order valence-corrected chi connectivity index (χ1v) is 6.87. The first-order chi connectivity index (χ1) is 9.61. The Kier molecular flexibility index (Phi) is 4.65. The molecule has 0 spiro atoms. The lowest BCUT2D eigenvalue weighted by molar-refractivity contribution is 0.310. The molecule has 0 radical (unpaired) electrons. The molecule has 7 heteroatoms. The van der Waals surface area contributed by atoms with E-state index in [4.69, 9.17) is 10.9 Å². The zero-order chi connectivity index (χ0) is 14.5. The van der Waals surface area contributed by atoms with E-state index in [0.717, 1.165) is 5.69 Å². The van der Waals surface area contributed by atoms with Crippen LogP contribution in [0.4, 0.5) is 4.39 Å². The van der Waals surface area contributed by atoms with E-state index >= 15 is 0 Å². The Hall–Kier alpha value is -1.99. The number of nitrogens with two attached hydrogens (primary N) is 1. The predicted octanol–water partition coefficient (Wildman–Crippen LogP) is 2.01. The molecule has 0 aliphatic carbocycles. The second-order valence-corrected chi connectivity index (χ2v) is 5.13. The fourth-order valence-corrected chi connectivity index (χ4v) is 2.44. The van der Waals surface area contributed by atoms with Crippen LogP contribution in [0.3, 0.4) is 0 Å². The van der Waals surface area contributed by atoms with Gasteiger partial charge in [0, 0.05) is 24.0 Å². The number of benzene rings is 1. The van der Waals surface area contributed by atoms with Crippen molar-refractivity contribution in [3.8, 4) is 0 Å². The fraction of sp³-hybridized carbons (Fsp3) is 0.231. The Balaban J connectivity index is 2.13. The van der Waals surface area contributed by atoms with E-state index < -0.39 is 5.82 Å². The zero-order valence-electron chi connectivity index (χ0n) is 11.0. The third kappa shape index (κ3) is 3.31. The zero-order valence-corrected chi connectivity index (χ0v) is 11.8. The van der Waals surface area contributed by atoms with Gasteiger partial charge in [0.2, 0.25) is 0 Å². The van der Waals surface area contributed by atoms with Crippen molar-refractivity contribution in [3.05, 3.63) is 51.7 Å². The molecule has 5 nitrogen and oxygen atoms in total. The maximum absolute atomic E-state index is 14.2. The molecule has 0 saturated heterocycles. The lowest BCUT2D eigenvalue weighted by Crippen LogP contribution is -2.20. The average Bonchev–Trinajstić information content (AvgIpc) is 2.93. The van der Waals surface area contributed by atoms with Crippen LogP contribution in [0.25, 0.3) is 0 Å². The summed E-state index contributed by atoms with van der Waals surface area (Å²) in [5.74, 6) is -0.695. The number of thiazole rings is 1. The molecule has 2 aromatic rings. The minimum Gasteiger partial charge on any atom is -0.409 e. The summed E-state index contributed by atoms with van der Waals surface area (Å²) in [6, 6.07) is 4.85. The molecule has 0 amide bonds. The van der Waals surface area contributed by atoms with Crippen molar-refractivity contribution in [1.82, 2.24) is 9.88 Å². The second-order valence-electron chi connectivity index (χ2n) is 4.42. The van der Waals surface area contributed by atoms with Crippen LogP contribution in [-0.2, 0) is 13.1 Å². The van der Waals surface area contributed by atoms with Gasteiger partial charge < -0.3 is 10.9 Å². The summed E-state index contributed by atoms with van der Waals surface area (Å²) in [5.41, 5.74) is 8.75. The molecule has 0 fully saturated rings. The maximum atomic E-state index is 14.2. The Bertz CT molecular complexity index is 600. The van der Waals surface area contributed by atoms with Crippen LogP contribution in [0, 0.1) is 5.82 Å². The summed E-state index contributed by atoms with van der Waals surface area (Å²) < 4.78 is 14.2. The number of hydrogen-bond acceptors (Lipinski definition) is 5. The average molecular weight is 294 g/mol. The number of rotatable bonds is 5. The van der Waals surface area contributed by atoms with Gasteiger partial charge in [-0.05, 0) is 13.1 Å². The second kappa shape index (κ2) is 6.44. The molecule has 0 atom stereocenters. The van der Waals surface area contributed by atoms with Crippen LogP contribution in [0.2, 0.25) is 0 Å². The number of amidine groups is 1. The summed E-state index contributed by atoms with van der Waals surface area (Å²) in [6.07, 6.45) is 0. The first-order valence-electron chi connectivity index (χ1n) is 5.92. The fourth-order valence-electron chi connectivity index (χ4n) is 1.89. The topological polar surface area (TPSA) is 74.7 Å². The van der Waals surface area contributed by atoms with E-state index in [-0.39, 0.29) is 11.4 Å². The molecule has 0 aliphatic heterocycles. The molecule has 1 aromatic carbocycles. The standard InChI is InChI=1S/C13H15FN4OS/c1-18(6-10-7-20-8-16-10)5-9-3-2-4-11(12(9)14)13(15)17-19/h2-4,7-8,19H,5-6H2,1H3,(H2,15,17). The van der Waals surface area contributed by atoms with Gasteiger partial charge in [-0.2, -0.15) is 0 Å². The molecule has 0 unspecified atom stereocenters. The smallest absolute Gasteiger partial charge is 0.173 e. The highest BCUT2D eigenvalue weighted by molar-refractivity contribution is 7.07. The van der Waals surface area contributed by atoms with Gasteiger partial charge in [0.15, 0.2) is 5.84 Å². The van der Waals surface area contributed by atoms with Crippen molar-refractivity contribution >= 4 is 17.2 Å². The van der Waals surface area contributed by atoms with Crippen molar-refractivity contribution in [2.75, 3.05) is 7.05 Å². The van der Waals surface area contributed by atoms with Gasteiger partial charge in [-0.25, -0.2) is 9.37 Å². The van der Waals surface area contributed by atoms with E-state index in [9.17, 15) is 4.39 Å². The maximum Gasteiger partial charge on any atom is 0.173 e. The Morgan fingerprint density at radius 1 is 1.50 bits per heavy atom. The third-order valence-electron chi connectivity index (χ3n) is 2.82. The minimum atomic E-state index is -0.465. The highest BCUT2D eigenvalue weighted by atomic mass is 32.1.